The van der Waals surface area contributed by atoms with Crippen LogP contribution in [0.1, 0.15) is 30.4 Å². The highest BCUT2D eigenvalue weighted by molar-refractivity contribution is 8.03. The molecular weight excluding hydrogens is 398 g/mol. The molecule has 0 fully saturated rings. The van der Waals surface area contributed by atoms with Crippen LogP contribution in [0.25, 0.3) is 0 Å². The molecule has 0 aliphatic carbocycles. The number of amides is 2. The van der Waals surface area contributed by atoms with Crippen molar-refractivity contribution in [3.63, 3.8) is 0 Å². The smallest absolute Gasteiger partial charge is 0.234 e. The third-order valence-corrected chi connectivity index (χ3v) is 5.73. The van der Waals surface area contributed by atoms with Crippen LogP contribution in [-0.4, -0.2) is 24.2 Å². The Kier molecular flexibility index (Phi) is 7.15. The normalized spacial score (nSPS) is 15.9. The van der Waals surface area contributed by atoms with E-state index >= 15 is 0 Å². The Hall–Kier alpha value is -3.24. The largest absolute Gasteiger partial charge is 0.494 e. The van der Waals surface area contributed by atoms with E-state index in [1.54, 1.807) is 0 Å². The van der Waals surface area contributed by atoms with Gasteiger partial charge in [-0.3, -0.25) is 9.59 Å². The SMILES string of the molecule is CCOc1ccc([C@@H]2CC(=O)NC(SCC(=O)Nc3ccccc3C)=C2C#N)cc1. The highest BCUT2D eigenvalue weighted by atomic mass is 32.2. The van der Waals surface area contributed by atoms with Gasteiger partial charge in [-0.1, -0.05) is 42.1 Å². The summed E-state index contributed by atoms with van der Waals surface area (Å²) in [5, 5.41) is 15.8. The van der Waals surface area contributed by atoms with Crippen molar-refractivity contribution in [2.24, 2.45) is 0 Å². The number of carbonyl (C=O) groups is 2. The number of nitriles is 1. The van der Waals surface area contributed by atoms with Crippen LogP contribution >= 0.6 is 11.8 Å². The molecule has 0 radical (unpaired) electrons. The van der Waals surface area contributed by atoms with Crippen molar-refractivity contribution in [2.45, 2.75) is 26.2 Å². The molecule has 0 saturated heterocycles. The van der Waals surface area contributed by atoms with Gasteiger partial charge in [-0.2, -0.15) is 5.26 Å². The lowest BCUT2D eigenvalue weighted by molar-refractivity contribution is -0.121. The van der Waals surface area contributed by atoms with Gasteiger partial charge in [0.2, 0.25) is 11.8 Å². The topological polar surface area (TPSA) is 91.2 Å². The van der Waals surface area contributed by atoms with E-state index < -0.39 is 0 Å². The summed E-state index contributed by atoms with van der Waals surface area (Å²) in [7, 11) is 0. The number of hydrogen-bond acceptors (Lipinski definition) is 5. The Morgan fingerprint density at radius 3 is 2.67 bits per heavy atom. The third kappa shape index (κ3) is 5.22. The first kappa shape index (κ1) is 21.5. The predicted octanol–water partition coefficient (Wildman–Crippen LogP) is 4.10. The Bertz CT molecular complexity index is 1010. The van der Waals surface area contributed by atoms with E-state index in [1.807, 2.05) is 62.4 Å². The number of ether oxygens (including phenoxy) is 1. The molecule has 0 aromatic heterocycles. The molecule has 2 aromatic rings. The Morgan fingerprint density at radius 1 is 1.27 bits per heavy atom. The van der Waals surface area contributed by atoms with Crippen LogP contribution in [0.5, 0.6) is 5.75 Å². The summed E-state index contributed by atoms with van der Waals surface area (Å²) in [6.45, 7) is 4.40. The summed E-state index contributed by atoms with van der Waals surface area (Å²) in [6.07, 6.45) is 0.191. The van der Waals surface area contributed by atoms with Crippen molar-refractivity contribution in [3.8, 4) is 11.8 Å². The van der Waals surface area contributed by atoms with E-state index in [1.165, 1.54) is 11.8 Å². The molecule has 1 aliphatic rings. The van der Waals surface area contributed by atoms with Crippen LogP contribution < -0.4 is 15.4 Å². The summed E-state index contributed by atoms with van der Waals surface area (Å²) < 4.78 is 5.46. The van der Waals surface area contributed by atoms with Gasteiger partial charge < -0.3 is 15.4 Å². The van der Waals surface area contributed by atoms with E-state index in [0.29, 0.717) is 17.2 Å². The van der Waals surface area contributed by atoms with E-state index in [2.05, 4.69) is 16.7 Å². The minimum Gasteiger partial charge on any atom is -0.494 e. The van der Waals surface area contributed by atoms with Crippen molar-refractivity contribution in [1.82, 2.24) is 5.32 Å². The molecule has 0 unspecified atom stereocenters. The van der Waals surface area contributed by atoms with Gasteiger partial charge in [0.25, 0.3) is 0 Å². The van der Waals surface area contributed by atoms with Gasteiger partial charge >= 0.3 is 0 Å². The maximum Gasteiger partial charge on any atom is 0.234 e. The number of thioether (sulfide) groups is 1. The van der Waals surface area contributed by atoms with Crippen molar-refractivity contribution in [1.29, 1.82) is 5.26 Å². The third-order valence-electron chi connectivity index (χ3n) is 4.72. The average molecular weight is 422 g/mol. The molecule has 1 aliphatic heterocycles. The Balaban J connectivity index is 1.74. The first-order valence-corrected chi connectivity index (χ1v) is 10.7. The number of allylic oxidation sites excluding steroid dienone is 1. The average Bonchev–Trinajstić information content (AvgIpc) is 2.74. The molecule has 3 rings (SSSR count). The fraction of sp³-hybridized carbons (Fsp3) is 0.261. The van der Waals surface area contributed by atoms with Crippen LogP contribution in [0.4, 0.5) is 5.69 Å². The second-order valence-corrected chi connectivity index (χ2v) is 7.80. The molecular formula is C23H23N3O3S. The molecule has 0 spiro atoms. The highest BCUT2D eigenvalue weighted by Crippen LogP contribution is 2.36. The lowest BCUT2D eigenvalue weighted by atomic mass is 9.87. The predicted molar refractivity (Wildman–Crippen MR) is 118 cm³/mol. The number of benzene rings is 2. The molecule has 1 atom stereocenters. The maximum atomic E-state index is 12.4. The molecule has 2 amide bonds. The molecule has 154 valence electrons. The van der Waals surface area contributed by atoms with Gasteiger partial charge in [-0.05, 0) is 43.2 Å². The molecule has 7 heteroatoms. The lowest BCUT2D eigenvalue weighted by Crippen LogP contribution is -2.31. The van der Waals surface area contributed by atoms with Crippen LogP contribution in [0, 0.1) is 18.3 Å². The fourth-order valence-corrected chi connectivity index (χ4v) is 4.09. The van der Waals surface area contributed by atoms with Gasteiger partial charge in [0.05, 0.1) is 29.0 Å². The second kappa shape index (κ2) is 9.99. The summed E-state index contributed by atoms with van der Waals surface area (Å²) in [5.41, 5.74) is 3.05. The number of nitrogens with zero attached hydrogens (tertiary/aromatic N) is 1. The summed E-state index contributed by atoms with van der Waals surface area (Å²) >= 11 is 1.17. The molecule has 0 saturated carbocycles. The molecule has 30 heavy (non-hydrogen) atoms. The standard InChI is InChI=1S/C23H23N3O3S/c1-3-29-17-10-8-16(9-11-17)18-12-21(27)26-23(19(18)13-24)30-14-22(28)25-20-7-5-4-6-15(20)2/h4-11,18H,3,12,14H2,1-2H3,(H,25,28)(H,26,27)/t18-/m0/s1. The summed E-state index contributed by atoms with van der Waals surface area (Å²) in [5.74, 6) is 0.115. The number of para-hydroxylation sites is 1. The second-order valence-electron chi connectivity index (χ2n) is 6.81. The zero-order valence-electron chi connectivity index (χ0n) is 16.9. The van der Waals surface area contributed by atoms with E-state index in [4.69, 9.17) is 4.74 Å². The van der Waals surface area contributed by atoms with Crippen molar-refractivity contribution < 1.29 is 14.3 Å². The Labute approximate surface area is 180 Å². The van der Waals surface area contributed by atoms with Crippen molar-refractivity contribution >= 4 is 29.3 Å². The maximum absolute atomic E-state index is 12.4. The summed E-state index contributed by atoms with van der Waals surface area (Å²) in [6, 6.07) is 17.2. The van der Waals surface area contributed by atoms with Crippen molar-refractivity contribution in [2.75, 3.05) is 17.7 Å². The molecule has 0 bridgehead atoms. The van der Waals surface area contributed by atoms with Crippen LogP contribution in [0.15, 0.2) is 59.1 Å². The summed E-state index contributed by atoms with van der Waals surface area (Å²) in [4.78, 5) is 24.6. The number of hydrogen-bond donors (Lipinski definition) is 2. The molecule has 6 nitrogen and oxygen atoms in total. The highest BCUT2D eigenvalue weighted by Gasteiger charge is 2.30. The number of aryl methyl sites for hydroxylation is 1. The number of nitrogens with one attached hydrogen (secondary N) is 2. The van der Waals surface area contributed by atoms with Crippen LogP contribution in [-0.2, 0) is 9.59 Å². The quantitative estimate of drug-likeness (QED) is 0.702. The zero-order chi connectivity index (χ0) is 21.5. The zero-order valence-corrected chi connectivity index (χ0v) is 17.7. The van der Waals surface area contributed by atoms with Gasteiger partial charge in [0.1, 0.15) is 5.75 Å². The first-order valence-electron chi connectivity index (χ1n) is 9.67. The number of carbonyl (C=O) groups excluding carboxylic acids is 2. The first-order chi connectivity index (χ1) is 14.5. The fourth-order valence-electron chi connectivity index (χ4n) is 3.22. The Morgan fingerprint density at radius 2 is 2.00 bits per heavy atom. The van der Waals surface area contributed by atoms with Gasteiger partial charge in [0, 0.05) is 18.0 Å². The molecule has 1 heterocycles. The number of anilines is 1. The minimum atomic E-state index is -0.346. The minimum absolute atomic E-state index is 0.0884. The van der Waals surface area contributed by atoms with Crippen LogP contribution in [0.2, 0.25) is 0 Å². The van der Waals surface area contributed by atoms with Gasteiger partial charge in [-0.25, -0.2) is 0 Å². The van der Waals surface area contributed by atoms with Crippen molar-refractivity contribution in [3.05, 3.63) is 70.3 Å². The van der Waals surface area contributed by atoms with E-state index in [0.717, 1.165) is 22.6 Å². The monoisotopic (exact) mass is 421 g/mol. The van der Waals surface area contributed by atoms with Gasteiger partial charge in [0.15, 0.2) is 0 Å². The van der Waals surface area contributed by atoms with Crippen LogP contribution in [0.3, 0.4) is 0 Å². The molecule has 2 N–H and O–H groups in total. The van der Waals surface area contributed by atoms with Gasteiger partial charge in [-0.15, -0.1) is 0 Å². The van der Waals surface area contributed by atoms with E-state index in [-0.39, 0.29) is 29.9 Å². The number of rotatable bonds is 7. The van der Waals surface area contributed by atoms with E-state index in [9.17, 15) is 14.9 Å². The lowest BCUT2D eigenvalue weighted by Gasteiger charge is -2.25. The molecule has 2 aromatic carbocycles.